The van der Waals surface area contributed by atoms with E-state index < -0.39 is 0 Å². The fraction of sp³-hybridized carbons (Fsp3) is 0.211. The fourth-order valence-electron chi connectivity index (χ4n) is 2.66. The fourth-order valence-corrected chi connectivity index (χ4v) is 2.66. The van der Waals surface area contributed by atoms with E-state index in [0.29, 0.717) is 13.1 Å². The predicted octanol–water partition coefficient (Wildman–Crippen LogP) is 2.15. The molecule has 3 aromatic rings. The van der Waals surface area contributed by atoms with Crippen molar-refractivity contribution in [1.29, 1.82) is 0 Å². The summed E-state index contributed by atoms with van der Waals surface area (Å²) in [4.78, 5) is 27.9. The first-order chi connectivity index (χ1) is 11.7. The molecule has 0 atom stereocenters. The number of pyridine rings is 2. The highest BCUT2D eigenvalue weighted by Crippen LogP contribution is 2.15. The highest BCUT2D eigenvalue weighted by molar-refractivity contribution is 5.81. The van der Waals surface area contributed by atoms with Crippen molar-refractivity contribution in [3.8, 4) is 0 Å². The lowest BCUT2D eigenvalue weighted by Gasteiger charge is -2.08. The number of aryl methyl sites for hydroxylation is 1. The molecule has 1 aromatic carbocycles. The first-order valence-corrected chi connectivity index (χ1v) is 7.99. The Labute approximate surface area is 140 Å². The number of benzene rings is 1. The molecule has 2 aromatic heterocycles. The summed E-state index contributed by atoms with van der Waals surface area (Å²) in [5.41, 5.74) is 2.00. The van der Waals surface area contributed by atoms with E-state index in [9.17, 15) is 9.59 Å². The molecule has 0 aliphatic rings. The molecule has 0 unspecified atom stereocenters. The number of hydrogen-bond donors (Lipinski definition) is 1. The third-order valence-corrected chi connectivity index (χ3v) is 3.91. The molecular formula is C19H19N3O2. The van der Waals surface area contributed by atoms with Gasteiger partial charge in [0, 0.05) is 43.4 Å². The third kappa shape index (κ3) is 3.87. The van der Waals surface area contributed by atoms with Crippen LogP contribution in [0.25, 0.3) is 10.9 Å². The molecule has 0 radical (unpaired) electrons. The second kappa shape index (κ2) is 7.55. The van der Waals surface area contributed by atoms with Gasteiger partial charge in [-0.2, -0.15) is 0 Å². The Bertz CT molecular complexity index is 897. The van der Waals surface area contributed by atoms with Gasteiger partial charge in [-0.05, 0) is 24.1 Å². The maximum atomic E-state index is 11.9. The molecule has 5 nitrogen and oxygen atoms in total. The number of fused-ring (bicyclic) bond motifs is 1. The summed E-state index contributed by atoms with van der Waals surface area (Å²) < 4.78 is 1.54. The normalized spacial score (nSPS) is 10.7. The summed E-state index contributed by atoms with van der Waals surface area (Å²) in [7, 11) is 0. The predicted molar refractivity (Wildman–Crippen MR) is 93.8 cm³/mol. The van der Waals surface area contributed by atoms with Crippen molar-refractivity contribution >= 4 is 16.8 Å². The second-order valence-electron chi connectivity index (χ2n) is 5.57. The third-order valence-electron chi connectivity index (χ3n) is 3.91. The average Bonchev–Trinajstić information content (AvgIpc) is 2.61. The zero-order valence-electron chi connectivity index (χ0n) is 13.3. The molecule has 0 spiro atoms. The van der Waals surface area contributed by atoms with Gasteiger partial charge >= 0.3 is 0 Å². The summed E-state index contributed by atoms with van der Waals surface area (Å²) >= 11 is 0. The Balaban J connectivity index is 1.52. The highest BCUT2D eigenvalue weighted by Gasteiger charge is 2.05. The molecule has 24 heavy (non-hydrogen) atoms. The lowest BCUT2D eigenvalue weighted by Crippen LogP contribution is -2.28. The van der Waals surface area contributed by atoms with Crippen LogP contribution in [-0.4, -0.2) is 22.0 Å². The van der Waals surface area contributed by atoms with Crippen LogP contribution in [0.1, 0.15) is 12.0 Å². The van der Waals surface area contributed by atoms with Crippen molar-refractivity contribution in [2.24, 2.45) is 0 Å². The molecule has 5 heteroatoms. The van der Waals surface area contributed by atoms with Crippen LogP contribution in [0.5, 0.6) is 0 Å². The monoisotopic (exact) mass is 321 g/mol. The van der Waals surface area contributed by atoms with Crippen LogP contribution >= 0.6 is 0 Å². The lowest BCUT2D eigenvalue weighted by atomic mass is 10.1. The van der Waals surface area contributed by atoms with Crippen LogP contribution in [0, 0.1) is 0 Å². The van der Waals surface area contributed by atoms with Gasteiger partial charge < -0.3 is 9.88 Å². The van der Waals surface area contributed by atoms with E-state index in [0.717, 1.165) is 22.9 Å². The van der Waals surface area contributed by atoms with Crippen molar-refractivity contribution in [1.82, 2.24) is 14.9 Å². The van der Waals surface area contributed by atoms with Gasteiger partial charge in [0.15, 0.2) is 0 Å². The molecule has 122 valence electrons. The SMILES string of the molecule is O=C(CCn1ccccc1=O)NCCc1cccc2cccnc12. The first kappa shape index (κ1) is 15.9. The van der Waals surface area contributed by atoms with Crippen molar-refractivity contribution in [3.05, 3.63) is 76.8 Å². The van der Waals surface area contributed by atoms with Crippen LogP contribution in [0.15, 0.2) is 65.7 Å². The van der Waals surface area contributed by atoms with Gasteiger partial charge in [0.25, 0.3) is 5.56 Å². The number of hydrogen-bond acceptors (Lipinski definition) is 3. The van der Waals surface area contributed by atoms with Gasteiger partial charge in [0.05, 0.1) is 5.52 Å². The van der Waals surface area contributed by atoms with E-state index >= 15 is 0 Å². The average molecular weight is 321 g/mol. The molecule has 2 heterocycles. The number of carbonyl (C=O) groups excluding carboxylic acids is 1. The number of nitrogens with zero attached hydrogens (tertiary/aromatic N) is 2. The summed E-state index contributed by atoms with van der Waals surface area (Å²) in [5, 5.41) is 4.01. The van der Waals surface area contributed by atoms with E-state index in [1.54, 1.807) is 24.5 Å². The maximum absolute atomic E-state index is 11.9. The van der Waals surface area contributed by atoms with Crippen LogP contribution in [0.4, 0.5) is 0 Å². The smallest absolute Gasteiger partial charge is 0.250 e. The largest absolute Gasteiger partial charge is 0.356 e. The standard InChI is InChI=1S/C19H19N3O2/c23-17(10-14-22-13-2-1-8-18(22)24)20-12-9-16-6-3-5-15-7-4-11-21-19(15)16/h1-8,11,13H,9-10,12,14H2,(H,20,23). The Morgan fingerprint density at radius 1 is 1.08 bits per heavy atom. The van der Waals surface area contributed by atoms with Gasteiger partial charge in [-0.15, -0.1) is 0 Å². The summed E-state index contributed by atoms with van der Waals surface area (Å²) in [5.74, 6) is -0.0565. The topological polar surface area (TPSA) is 64.0 Å². The molecular weight excluding hydrogens is 302 g/mol. The van der Waals surface area contributed by atoms with Gasteiger partial charge in [-0.1, -0.05) is 30.3 Å². The number of nitrogens with one attached hydrogen (secondary N) is 1. The van der Waals surface area contributed by atoms with E-state index in [2.05, 4.69) is 10.3 Å². The van der Waals surface area contributed by atoms with Crippen molar-refractivity contribution in [2.75, 3.05) is 6.54 Å². The van der Waals surface area contributed by atoms with Crippen LogP contribution in [0.2, 0.25) is 0 Å². The highest BCUT2D eigenvalue weighted by atomic mass is 16.1. The Morgan fingerprint density at radius 3 is 2.83 bits per heavy atom. The lowest BCUT2D eigenvalue weighted by molar-refractivity contribution is -0.121. The summed E-state index contributed by atoms with van der Waals surface area (Å²) in [6, 6.07) is 15.0. The molecule has 0 saturated heterocycles. The Morgan fingerprint density at radius 2 is 1.96 bits per heavy atom. The Kier molecular flexibility index (Phi) is 5.01. The van der Waals surface area contributed by atoms with Gasteiger partial charge in [-0.25, -0.2) is 0 Å². The maximum Gasteiger partial charge on any atom is 0.250 e. The molecule has 0 bridgehead atoms. The zero-order chi connectivity index (χ0) is 16.8. The minimum absolute atomic E-state index is 0.0565. The molecule has 0 saturated carbocycles. The van der Waals surface area contributed by atoms with E-state index in [1.165, 1.54) is 10.6 Å². The first-order valence-electron chi connectivity index (χ1n) is 7.99. The summed E-state index contributed by atoms with van der Waals surface area (Å²) in [6.07, 6.45) is 4.49. The van der Waals surface area contributed by atoms with Crippen LogP contribution < -0.4 is 10.9 Å². The summed E-state index contributed by atoms with van der Waals surface area (Å²) in [6.45, 7) is 0.944. The van der Waals surface area contributed by atoms with E-state index in [1.807, 2.05) is 30.3 Å². The minimum Gasteiger partial charge on any atom is -0.356 e. The number of para-hydroxylation sites is 1. The van der Waals surface area contributed by atoms with Crippen molar-refractivity contribution in [2.45, 2.75) is 19.4 Å². The zero-order valence-corrected chi connectivity index (χ0v) is 13.3. The van der Waals surface area contributed by atoms with Gasteiger partial charge in [-0.3, -0.25) is 14.6 Å². The quantitative estimate of drug-likeness (QED) is 0.756. The molecule has 1 amide bonds. The molecule has 1 N–H and O–H groups in total. The van der Waals surface area contributed by atoms with Gasteiger partial charge in [0.2, 0.25) is 5.91 Å². The molecule has 0 fully saturated rings. The van der Waals surface area contributed by atoms with Crippen LogP contribution in [-0.2, 0) is 17.8 Å². The van der Waals surface area contributed by atoms with E-state index in [4.69, 9.17) is 0 Å². The minimum atomic E-state index is -0.0906. The number of rotatable bonds is 6. The second-order valence-corrected chi connectivity index (χ2v) is 5.57. The molecule has 3 rings (SSSR count). The van der Waals surface area contributed by atoms with Crippen molar-refractivity contribution < 1.29 is 4.79 Å². The number of aromatic nitrogens is 2. The van der Waals surface area contributed by atoms with Crippen LogP contribution in [0.3, 0.4) is 0 Å². The van der Waals surface area contributed by atoms with Crippen molar-refractivity contribution in [3.63, 3.8) is 0 Å². The van der Waals surface area contributed by atoms with E-state index in [-0.39, 0.29) is 17.9 Å². The molecule has 0 aliphatic heterocycles. The number of amides is 1. The molecule has 0 aliphatic carbocycles. The van der Waals surface area contributed by atoms with Gasteiger partial charge in [0.1, 0.15) is 0 Å². The number of carbonyl (C=O) groups is 1. The Hall–Kier alpha value is -2.95.